The number of hydrogen-bond acceptors (Lipinski definition) is 4. The maximum Gasteiger partial charge on any atom is 0.240 e. The minimum atomic E-state index is -3.59. The van der Waals surface area contributed by atoms with E-state index < -0.39 is 10.0 Å². The Morgan fingerprint density at radius 2 is 2.19 bits per heavy atom. The first-order chi connectivity index (χ1) is 9.83. The van der Waals surface area contributed by atoms with Crippen LogP contribution in [-0.2, 0) is 16.6 Å². The van der Waals surface area contributed by atoms with Crippen molar-refractivity contribution in [2.75, 3.05) is 20.1 Å². The first-order valence-electron chi connectivity index (χ1n) is 6.93. The molecule has 7 heteroatoms. The standard InChI is InChI=1S/C14H21ClN2O3S/c1-10-8-17(2)6-5-14(10)16-21(19,20)12-4-3-11(9-18)13(15)7-12/h3-4,7,10,14,16,18H,5-6,8-9H2,1-2H3. The molecule has 1 saturated heterocycles. The van der Waals surface area contributed by atoms with Crippen molar-refractivity contribution in [3.05, 3.63) is 28.8 Å². The normalized spacial score (nSPS) is 24.2. The van der Waals surface area contributed by atoms with Crippen molar-refractivity contribution in [1.82, 2.24) is 9.62 Å². The van der Waals surface area contributed by atoms with Crippen LogP contribution in [0.4, 0.5) is 0 Å². The lowest BCUT2D eigenvalue weighted by atomic mass is 9.95. The molecule has 2 rings (SSSR count). The van der Waals surface area contributed by atoms with Crippen LogP contribution in [0.5, 0.6) is 0 Å². The summed E-state index contributed by atoms with van der Waals surface area (Å²) in [5.41, 5.74) is 0.517. The van der Waals surface area contributed by atoms with Crippen molar-refractivity contribution in [2.24, 2.45) is 5.92 Å². The predicted octanol–water partition coefficient (Wildman–Crippen LogP) is 1.45. The zero-order chi connectivity index (χ0) is 15.6. The number of benzene rings is 1. The topological polar surface area (TPSA) is 69.6 Å². The molecule has 0 aromatic heterocycles. The number of halogens is 1. The summed E-state index contributed by atoms with van der Waals surface area (Å²) in [4.78, 5) is 2.33. The van der Waals surface area contributed by atoms with Gasteiger partial charge in [-0.25, -0.2) is 13.1 Å². The molecule has 0 bridgehead atoms. The van der Waals surface area contributed by atoms with Gasteiger partial charge in [0.1, 0.15) is 0 Å². The van der Waals surface area contributed by atoms with E-state index in [1.807, 2.05) is 14.0 Å². The van der Waals surface area contributed by atoms with Crippen molar-refractivity contribution in [3.63, 3.8) is 0 Å². The van der Waals surface area contributed by atoms with E-state index in [1.165, 1.54) is 18.2 Å². The zero-order valence-electron chi connectivity index (χ0n) is 12.2. The average Bonchev–Trinajstić information content (AvgIpc) is 2.42. The van der Waals surface area contributed by atoms with Gasteiger partial charge in [0.05, 0.1) is 11.5 Å². The van der Waals surface area contributed by atoms with E-state index in [2.05, 4.69) is 9.62 Å². The Balaban J connectivity index is 2.17. The van der Waals surface area contributed by atoms with Crippen molar-refractivity contribution >= 4 is 21.6 Å². The summed E-state index contributed by atoms with van der Waals surface area (Å²) in [7, 11) is -1.56. The van der Waals surface area contributed by atoms with Gasteiger partial charge in [-0.3, -0.25) is 0 Å². The van der Waals surface area contributed by atoms with Crippen LogP contribution in [0.15, 0.2) is 23.1 Å². The molecule has 1 aromatic rings. The Kier molecular flexibility index (Phi) is 5.27. The first kappa shape index (κ1) is 16.7. The van der Waals surface area contributed by atoms with E-state index in [4.69, 9.17) is 16.7 Å². The molecule has 0 amide bonds. The van der Waals surface area contributed by atoms with Gasteiger partial charge in [-0.1, -0.05) is 24.6 Å². The van der Waals surface area contributed by atoms with Gasteiger partial charge in [-0.05, 0) is 43.6 Å². The third kappa shape index (κ3) is 3.96. The average molecular weight is 333 g/mol. The molecule has 0 saturated carbocycles. The number of aliphatic hydroxyl groups excluding tert-OH is 1. The van der Waals surface area contributed by atoms with Gasteiger partial charge in [0.2, 0.25) is 10.0 Å². The van der Waals surface area contributed by atoms with E-state index in [1.54, 1.807) is 0 Å². The number of aliphatic hydroxyl groups is 1. The molecule has 2 N–H and O–H groups in total. The number of likely N-dealkylation sites (tertiary alicyclic amines) is 1. The molecule has 5 nitrogen and oxygen atoms in total. The monoisotopic (exact) mass is 332 g/mol. The fourth-order valence-corrected chi connectivity index (χ4v) is 4.33. The lowest BCUT2D eigenvalue weighted by molar-refractivity contribution is 0.188. The number of piperidine rings is 1. The molecular formula is C14H21ClN2O3S. The molecule has 0 radical (unpaired) electrons. The van der Waals surface area contributed by atoms with E-state index in [0.717, 1.165) is 19.5 Å². The van der Waals surface area contributed by atoms with Gasteiger partial charge in [-0.15, -0.1) is 0 Å². The second-order valence-electron chi connectivity index (χ2n) is 5.67. The summed E-state index contributed by atoms with van der Waals surface area (Å²) in [6.07, 6.45) is 0.791. The maximum atomic E-state index is 12.4. The SMILES string of the molecule is CC1CN(C)CCC1NS(=O)(=O)c1ccc(CO)c(Cl)c1. The molecule has 1 heterocycles. The molecule has 1 aliphatic rings. The Labute approximate surface area is 131 Å². The Morgan fingerprint density at radius 3 is 2.76 bits per heavy atom. The highest BCUT2D eigenvalue weighted by atomic mass is 35.5. The number of hydrogen-bond donors (Lipinski definition) is 2. The smallest absolute Gasteiger partial charge is 0.240 e. The number of nitrogens with one attached hydrogen (secondary N) is 1. The van der Waals surface area contributed by atoms with E-state index in [0.29, 0.717) is 5.56 Å². The number of rotatable bonds is 4. The summed E-state index contributed by atoms with van der Waals surface area (Å²) in [5, 5.41) is 9.34. The summed E-state index contributed by atoms with van der Waals surface area (Å²) in [6.45, 7) is 3.59. The molecule has 0 spiro atoms. The van der Waals surface area contributed by atoms with Crippen LogP contribution in [-0.4, -0.2) is 44.6 Å². The summed E-state index contributed by atoms with van der Waals surface area (Å²) in [6, 6.07) is 4.33. The minimum Gasteiger partial charge on any atom is -0.392 e. The Bertz CT molecular complexity index is 606. The van der Waals surface area contributed by atoms with E-state index >= 15 is 0 Å². The Morgan fingerprint density at radius 1 is 1.48 bits per heavy atom. The van der Waals surface area contributed by atoms with Gasteiger partial charge in [-0.2, -0.15) is 0 Å². The van der Waals surface area contributed by atoms with Crippen molar-refractivity contribution < 1.29 is 13.5 Å². The molecule has 1 aliphatic heterocycles. The first-order valence-corrected chi connectivity index (χ1v) is 8.80. The largest absolute Gasteiger partial charge is 0.392 e. The van der Waals surface area contributed by atoms with Crippen LogP contribution >= 0.6 is 11.6 Å². The van der Waals surface area contributed by atoms with Gasteiger partial charge in [0.25, 0.3) is 0 Å². The fraction of sp³-hybridized carbons (Fsp3) is 0.571. The highest BCUT2D eigenvalue weighted by molar-refractivity contribution is 7.89. The highest BCUT2D eigenvalue weighted by Crippen LogP contribution is 2.23. The van der Waals surface area contributed by atoms with E-state index in [-0.39, 0.29) is 28.5 Å². The minimum absolute atomic E-state index is 0.0671. The Hall–Kier alpha value is -0.660. The van der Waals surface area contributed by atoms with Gasteiger partial charge in [0, 0.05) is 17.6 Å². The lowest BCUT2D eigenvalue weighted by Crippen LogP contribution is -2.48. The van der Waals surface area contributed by atoms with Gasteiger partial charge < -0.3 is 10.0 Å². The molecule has 1 fully saturated rings. The second kappa shape index (κ2) is 6.62. The highest BCUT2D eigenvalue weighted by Gasteiger charge is 2.28. The zero-order valence-corrected chi connectivity index (χ0v) is 13.8. The maximum absolute atomic E-state index is 12.4. The molecule has 0 aliphatic carbocycles. The van der Waals surface area contributed by atoms with E-state index in [9.17, 15) is 8.42 Å². The van der Waals surface area contributed by atoms with Crippen molar-refractivity contribution in [3.8, 4) is 0 Å². The predicted molar refractivity (Wildman–Crippen MR) is 82.8 cm³/mol. The second-order valence-corrected chi connectivity index (χ2v) is 7.79. The number of sulfonamides is 1. The van der Waals surface area contributed by atoms with Crippen molar-refractivity contribution in [1.29, 1.82) is 0 Å². The third-order valence-electron chi connectivity index (χ3n) is 3.92. The van der Waals surface area contributed by atoms with Crippen LogP contribution in [0.1, 0.15) is 18.9 Å². The van der Waals surface area contributed by atoms with Crippen LogP contribution in [0.25, 0.3) is 0 Å². The molecule has 118 valence electrons. The molecule has 1 aromatic carbocycles. The quantitative estimate of drug-likeness (QED) is 0.875. The van der Waals surface area contributed by atoms with Gasteiger partial charge >= 0.3 is 0 Å². The molecule has 21 heavy (non-hydrogen) atoms. The molecular weight excluding hydrogens is 312 g/mol. The number of nitrogens with zero attached hydrogens (tertiary/aromatic N) is 1. The lowest BCUT2D eigenvalue weighted by Gasteiger charge is -2.34. The van der Waals surface area contributed by atoms with Crippen LogP contribution < -0.4 is 4.72 Å². The van der Waals surface area contributed by atoms with Crippen LogP contribution in [0.2, 0.25) is 5.02 Å². The summed E-state index contributed by atoms with van der Waals surface area (Å²) >= 11 is 5.97. The van der Waals surface area contributed by atoms with Crippen molar-refractivity contribution in [2.45, 2.75) is 30.9 Å². The van der Waals surface area contributed by atoms with Crippen LogP contribution in [0.3, 0.4) is 0 Å². The molecule has 2 unspecified atom stereocenters. The fourth-order valence-electron chi connectivity index (χ4n) is 2.62. The van der Waals surface area contributed by atoms with Crippen LogP contribution in [0, 0.1) is 5.92 Å². The molecule has 2 atom stereocenters. The van der Waals surface area contributed by atoms with Gasteiger partial charge in [0.15, 0.2) is 0 Å². The third-order valence-corrected chi connectivity index (χ3v) is 5.76. The summed E-state index contributed by atoms with van der Waals surface area (Å²) in [5.74, 6) is 0.255. The summed E-state index contributed by atoms with van der Waals surface area (Å²) < 4.78 is 27.6.